The molecule has 1 aromatic carbocycles. The summed E-state index contributed by atoms with van der Waals surface area (Å²) in [6.07, 6.45) is 8.02. The Labute approximate surface area is 134 Å². The molecule has 0 aliphatic heterocycles. The molecule has 1 N–H and O–H groups in total. The second kappa shape index (κ2) is 8.65. The van der Waals surface area contributed by atoms with Gasteiger partial charge >= 0.3 is 0 Å². The number of rotatable bonds is 6. The summed E-state index contributed by atoms with van der Waals surface area (Å²) in [5.74, 6) is 1.65. The second-order valence-corrected chi connectivity index (χ2v) is 6.94. The summed E-state index contributed by atoms with van der Waals surface area (Å²) in [7, 11) is 0. The van der Waals surface area contributed by atoms with Crippen molar-refractivity contribution in [2.24, 2.45) is 5.92 Å². The van der Waals surface area contributed by atoms with E-state index >= 15 is 0 Å². The van der Waals surface area contributed by atoms with Crippen LogP contribution in [0.25, 0.3) is 0 Å². The van der Waals surface area contributed by atoms with Crippen molar-refractivity contribution >= 4 is 11.6 Å². The van der Waals surface area contributed by atoms with Crippen molar-refractivity contribution in [3.8, 4) is 5.75 Å². The number of ether oxygens (including phenoxy) is 1. The van der Waals surface area contributed by atoms with Gasteiger partial charge in [0.1, 0.15) is 5.75 Å². The first-order valence-electron chi connectivity index (χ1n) is 8.31. The summed E-state index contributed by atoms with van der Waals surface area (Å²) in [5, 5.41) is 4.26. The van der Waals surface area contributed by atoms with Gasteiger partial charge in [0.15, 0.2) is 0 Å². The fraction of sp³-hybridized carbons (Fsp3) is 0.667. The lowest BCUT2D eigenvalue weighted by Crippen LogP contribution is -2.21. The van der Waals surface area contributed by atoms with Crippen LogP contribution >= 0.6 is 11.6 Å². The molecule has 0 bridgehead atoms. The SMILES string of the molecule is CC(C)CNCc1cc(Cl)ccc1OC1CCCCCC1. The molecule has 0 aromatic heterocycles. The van der Waals surface area contributed by atoms with Gasteiger partial charge in [0.25, 0.3) is 0 Å². The molecule has 3 heteroatoms. The van der Waals surface area contributed by atoms with Gasteiger partial charge in [-0.25, -0.2) is 0 Å². The zero-order valence-corrected chi connectivity index (χ0v) is 14.1. The molecule has 1 saturated carbocycles. The van der Waals surface area contributed by atoms with Crippen LogP contribution in [0.4, 0.5) is 0 Å². The number of hydrogen-bond donors (Lipinski definition) is 1. The lowest BCUT2D eigenvalue weighted by molar-refractivity contribution is 0.181. The van der Waals surface area contributed by atoms with E-state index in [2.05, 4.69) is 19.2 Å². The average Bonchev–Trinajstić information content (AvgIpc) is 2.70. The smallest absolute Gasteiger partial charge is 0.124 e. The van der Waals surface area contributed by atoms with Gasteiger partial charge < -0.3 is 10.1 Å². The van der Waals surface area contributed by atoms with Gasteiger partial charge in [-0.15, -0.1) is 0 Å². The molecule has 0 radical (unpaired) electrons. The van der Waals surface area contributed by atoms with Crippen molar-refractivity contribution < 1.29 is 4.74 Å². The molecule has 0 saturated heterocycles. The van der Waals surface area contributed by atoms with Crippen LogP contribution in [0.3, 0.4) is 0 Å². The highest BCUT2D eigenvalue weighted by molar-refractivity contribution is 6.30. The molecule has 21 heavy (non-hydrogen) atoms. The summed E-state index contributed by atoms with van der Waals surface area (Å²) >= 11 is 6.14. The average molecular weight is 310 g/mol. The van der Waals surface area contributed by atoms with E-state index in [0.717, 1.165) is 23.9 Å². The van der Waals surface area contributed by atoms with Crippen LogP contribution in [0, 0.1) is 5.92 Å². The largest absolute Gasteiger partial charge is 0.490 e. The van der Waals surface area contributed by atoms with Crippen LogP contribution in [0.1, 0.15) is 57.9 Å². The van der Waals surface area contributed by atoms with Crippen LogP contribution in [0.5, 0.6) is 5.75 Å². The fourth-order valence-electron chi connectivity index (χ4n) is 2.84. The van der Waals surface area contributed by atoms with Crippen molar-refractivity contribution in [1.29, 1.82) is 0 Å². The topological polar surface area (TPSA) is 21.3 Å². The molecule has 0 heterocycles. The van der Waals surface area contributed by atoms with E-state index < -0.39 is 0 Å². The zero-order chi connectivity index (χ0) is 15.1. The Morgan fingerprint density at radius 3 is 2.57 bits per heavy atom. The molecule has 0 unspecified atom stereocenters. The minimum absolute atomic E-state index is 0.373. The van der Waals surface area contributed by atoms with Gasteiger partial charge in [-0.2, -0.15) is 0 Å². The predicted molar refractivity (Wildman–Crippen MR) is 90.1 cm³/mol. The molecule has 2 rings (SSSR count). The Bertz CT molecular complexity index is 425. The quantitative estimate of drug-likeness (QED) is 0.730. The fourth-order valence-corrected chi connectivity index (χ4v) is 3.03. The minimum atomic E-state index is 0.373. The maximum Gasteiger partial charge on any atom is 0.124 e. The molecular formula is C18H28ClNO. The molecular weight excluding hydrogens is 282 g/mol. The van der Waals surface area contributed by atoms with Gasteiger partial charge in [0.2, 0.25) is 0 Å². The Balaban J connectivity index is 1.99. The van der Waals surface area contributed by atoms with Gasteiger partial charge in [0.05, 0.1) is 6.10 Å². The summed E-state index contributed by atoms with van der Waals surface area (Å²) < 4.78 is 6.28. The molecule has 1 aromatic rings. The van der Waals surface area contributed by atoms with Crippen molar-refractivity contribution in [2.75, 3.05) is 6.54 Å². The molecule has 0 atom stereocenters. The normalized spacial score (nSPS) is 17.0. The van der Waals surface area contributed by atoms with Crippen molar-refractivity contribution in [1.82, 2.24) is 5.32 Å². The Morgan fingerprint density at radius 1 is 1.19 bits per heavy atom. The third-order valence-electron chi connectivity index (χ3n) is 3.99. The Kier molecular flexibility index (Phi) is 6.85. The molecule has 0 spiro atoms. The highest BCUT2D eigenvalue weighted by atomic mass is 35.5. The van der Waals surface area contributed by atoms with Crippen molar-refractivity contribution in [3.63, 3.8) is 0 Å². The van der Waals surface area contributed by atoms with E-state index in [-0.39, 0.29) is 0 Å². The molecule has 1 fully saturated rings. The van der Waals surface area contributed by atoms with Gasteiger partial charge in [-0.1, -0.05) is 38.3 Å². The number of benzene rings is 1. The Morgan fingerprint density at radius 2 is 1.90 bits per heavy atom. The molecule has 0 amide bonds. The number of halogens is 1. The summed E-state index contributed by atoms with van der Waals surface area (Å²) in [6.45, 7) is 6.26. The first-order valence-corrected chi connectivity index (χ1v) is 8.68. The van der Waals surface area contributed by atoms with Gasteiger partial charge in [-0.05, 0) is 56.3 Å². The zero-order valence-electron chi connectivity index (χ0n) is 13.3. The molecule has 1 aliphatic rings. The standard InChI is InChI=1S/C18H28ClNO/c1-14(2)12-20-13-15-11-16(19)9-10-18(15)21-17-7-5-3-4-6-8-17/h9-11,14,17,20H,3-8,12-13H2,1-2H3. The van der Waals surface area contributed by atoms with E-state index in [1.54, 1.807) is 0 Å². The van der Waals surface area contributed by atoms with Crippen molar-refractivity contribution in [2.45, 2.75) is 65.0 Å². The van der Waals surface area contributed by atoms with Crippen LogP contribution < -0.4 is 10.1 Å². The minimum Gasteiger partial charge on any atom is -0.490 e. The lowest BCUT2D eigenvalue weighted by Gasteiger charge is -2.20. The Hall–Kier alpha value is -0.730. The van der Waals surface area contributed by atoms with E-state index in [9.17, 15) is 0 Å². The number of hydrogen-bond acceptors (Lipinski definition) is 2. The van der Waals surface area contributed by atoms with Crippen molar-refractivity contribution in [3.05, 3.63) is 28.8 Å². The maximum absolute atomic E-state index is 6.28. The maximum atomic E-state index is 6.28. The first kappa shape index (κ1) is 16.6. The van der Waals surface area contributed by atoms with Crippen LogP contribution in [0.15, 0.2) is 18.2 Å². The van der Waals surface area contributed by atoms with E-state index in [0.29, 0.717) is 12.0 Å². The van der Waals surface area contributed by atoms with Gasteiger partial charge in [0, 0.05) is 17.1 Å². The first-order chi connectivity index (χ1) is 10.1. The van der Waals surface area contributed by atoms with Crippen LogP contribution in [-0.2, 0) is 6.54 Å². The van der Waals surface area contributed by atoms with E-state index in [1.165, 1.54) is 44.1 Å². The highest BCUT2D eigenvalue weighted by Crippen LogP contribution is 2.27. The molecule has 2 nitrogen and oxygen atoms in total. The van der Waals surface area contributed by atoms with Crippen LogP contribution in [-0.4, -0.2) is 12.6 Å². The van der Waals surface area contributed by atoms with Crippen LogP contribution in [0.2, 0.25) is 5.02 Å². The lowest BCUT2D eigenvalue weighted by atomic mass is 10.1. The van der Waals surface area contributed by atoms with Gasteiger partial charge in [-0.3, -0.25) is 0 Å². The van der Waals surface area contributed by atoms with E-state index in [4.69, 9.17) is 16.3 Å². The summed E-state index contributed by atoms with van der Waals surface area (Å²) in [6, 6.07) is 5.99. The summed E-state index contributed by atoms with van der Waals surface area (Å²) in [5.41, 5.74) is 1.17. The summed E-state index contributed by atoms with van der Waals surface area (Å²) in [4.78, 5) is 0. The third-order valence-corrected chi connectivity index (χ3v) is 4.22. The highest BCUT2D eigenvalue weighted by Gasteiger charge is 2.15. The third kappa shape index (κ3) is 5.88. The van der Waals surface area contributed by atoms with E-state index in [1.807, 2.05) is 18.2 Å². The second-order valence-electron chi connectivity index (χ2n) is 6.51. The monoisotopic (exact) mass is 309 g/mol. The predicted octanol–water partition coefficient (Wildman–Crippen LogP) is 5.19. The number of nitrogens with one attached hydrogen (secondary N) is 1. The molecule has 1 aliphatic carbocycles. The molecule has 118 valence electrons.